The van der Waals surface area contributed by atoms with Crippen molar-refractivity contribution in [1.82, 2.24) is 0 Å². The number of hydrogen-bond acceptors (Lipinski definition) is 3. The number of Topliss-reactive ketones (excluding diaryl/α,β-unsaturated/α-hetero) is 1. The highest BCUT2D eigenvalue weighted by atomic mass is 79.9. The molecule has 0 bridgehead atoms. The van der Waals surface area contributed by atoms with Crippen LogP contribution in [-0.2, 0) is 0 Å². The molecule has 4 heteroatoms. The number of aryl methyl sites for hydroxylation is 1. The molecule has 0 aromatic heterocycles. The molecule has 23 heavy (non-hydrogen) atoms. The highest BCUT2D eigenvalue weighted by molar-refractivity contribution is 9.10. The number of rotatable bonds is 1. The monoisotopic (exact) mass is 378 g/mol. The predicted molar refractivity (Wildman–Crippen MR) is 94.0 cm³/mol. The lowest BCUT2D eigenvalue weighted by Gasteiger charge is -2.34. The summed E-state index contributed by atoms with van der Waals surface area (Å²) in [7, 11) is 0. The molecule has 3 nitrogen and oxygen atoms in total. The average Bonchev–Trinajstić information content (AvgIpc) is 2.77. The van der Waals surface area contributed by atoms with E-state index >= 15 is 0 Å². The van der Waals surface area contributed by atoms with Gasteiger partial charge in [-0.3, -0.25) is 4.79 Å². The first kappa shape index (κ1) is 16.6. The summed E-state index contributed by atoms with van der Waals surface area (Å²) < 4.78 is 0.528. The van der Waals surface area contributed by atoms with Crippen molar-refractivity contribution < 1.29 is 15.0 Å². The maximum Gasteiger partial charge on any atom is 0.231 e. The molecule has 3 atom stereocenters. The van der Waals surface area contributed by atoms with E-state index in [9.17, 15) is 15.0 Å². The summed E-state index contributed by atoms with van der Waals surface area (Å²) >= 11 is 3.36. The second kappa shape index (κ2) is 5.37. The fourth-order valence-electron chi connectivity index (χ4n) is 4.55. The van der Waals surface area contributed by atoms with Crippen LogP contribution in [-0.4, -0.2) is 16.0 Å². The Morgan fingerprint density at radius 1 is 1.35 bits per heavy atom. The van der Waals surface area contributed by atoms with Crippen molar-refractivity contribution in [1.29, 1.82) is 0 Å². The minimum atomic E-state index is -0.476. The number of aliphatic hydroxyl groups is 1. The van der Waals surface area contributed by atoms with E-state index in [1.807, 2.05) is 13.0 Å². The maximum atomic E-state index is 12.7. The second-order valence-corrected chi connectivity index (χ2v) is 8.40. The van der Waals surface area contributed by atoms with Crippen molar-refractivity contribution in [2.24, 2.45) is 17.3 Å². The lowest BCUT2D eigenvalue weighted by molar-refractivity contribution is 0.0973. The standard InChI is InChI=1S/C19H23BrO3/c1-9(2)11-5-6-19(4)8-13(21)17(22)14-12(15(11)19)7-10(3)16(20)18(14)23/h7-9,11,15,21,23H,5-6H2,1-4H3. The van der Waals surface area contributed by atoms with Crippen molar-refractivity contribution in [3.05, 3.63) is 39.1 Å². The van der Waals surface area contributed by atoms with Crippen molar-refractivity contribution in [2.45, 2.75) is 46.5 Å². The Morgan fingerprint density at radius 3 is 2.61 bits per heavy atom. The molecule has 1 saturated carbocycles. The van der Waals surface area contributed by atoms with E-state index in [1.54, 1.807) is 6.08 Å². The quantitative estimate of drug-likeness (QED) is 0.700. The van der Waals surface area contributed by atoms with Gasteiger partial charge in [0, 0.05) is 0 Å². The van der Waals surface area contributed by atoms with Crippen LogP contribution in [0.5, 0.6) is 5.75 Å². The smallest absolute Gasteiger partial charge is 0.231 e. The second-order valence-electron chi connectivity index (χ2n) is 7.61. The first-order valence-electron chi connectivity index (χ1n) is 8.16. The molecular weight excluding hydrogens is 356 g/mol. The summed E-state index contributed by atoms with van der Waals surface area (Å²) in [5, 5.41) is 20.9. The fourth-order valence-corrected chi connectivity index (χ4v) is 4.86. The Bertz CT molecular complexity index is 720. The first-order valence-corrected chi connectivity index (χ1v) is 8.95. The molecule has 0 heterocycles. The van der Waals surface area contributed by atoms with Gasteiger partial charge in [-0.1, -0.05) is 26.8 Å². The third-order valence-corrected chi connectivity index (χ3v) is 6.73. The summed E-state index contributed by atoms with van der Waals surface area (Å²) in [5.41, 5.74) is 1.80. The van der Waals surface area contributed by atoms with Crippen LogP contribution < -0.4 is 0 Å². The Hall–Kier alpha value is -1.29. The molecule has 2 aliphatic carbocycles. The number of aromatic hydroxyl groups is 1. The number of carbonyl (C=O) groups excluding carboxylic acids is 1. The summed E-state index contributed by atoms with van der Waals surface area (Å²) in [6.07, 6.45) is 3.73. The van der Waals surface area contributed by atoms with Crippen LogP contribution in [0.4, 0.5) is 0 Å². The summed E-state index contributed by atoms with van der Waals surface area (Å²) in [6.45, 7) is 8.45. The van der Waals surface area contributed by atoms with Gasteiger partial charge in [0.1, 0.15) is 5.75 Å². The van der Waals surface area contributed by atoms with Crippen LogP contribution in [0.25, 0.3) is 0 Å². The molecule has 2 N–H and O–H groups in total. The van der Waals surface area contributed by atoms with Gasteiger partial charge in [-0.15, -0.1) is 0 Å². The number of benzene rings is 1. The van der Waals surface area contributed by atoms with E-state index in [1.165, 1.54) is 0 Å². The number of aliphatic hydroxyl groups excluding tert-OH is 1. The third kappa shape index (κ3) is 2.34. The van der Waals surface area contributed by atoms with Crippen LogP contribution in [0.1, 0.15) is 61.0 Å². The molecule has 0 aliphatic heterocycles. The average molecular weight is 379 g/mol. The number of allylic oxidation sites excluding steroid dienone is 2. The molecule has 124 valence electrons. The lowest BCUT2D eigenvalue weighted by atomic mass is 9.70. The SMILES string of the molecule is Cc1cc2c(c(O)c1Br)C(=O)C(O)=CC1(C)CCC(C(C)C)C21. The Balaban J connectivity index is 2.35. The zero-order valence-corrected chi connectivity index (χ0v) is 15.6. The van der Waals surface area contributed by atoms with E-state index in [-0.39, 0.29) is 28.4 Å². The molecule has 1 aromatic rings. The van der Waals surface area contributed by atoms with Gasteiger partial charge in [-0.05, 0) is 76.1 Å². The molecule has 0 radical (unpaired) electrons. The van der Waals surface area contributed by atoms with Crippen molar-refractivity contribution in [3.8, 4) is 5.75 Å². The minimum absolute atomic E-state index is 0.0522. The van der Waals surface area contributed by atoms with E-state index in [4.69, 9.17) is 0 Å². The molecular formula is C19H23BrO3. The van der Waals surface area contributed by atoms with Gasteiger partial charge in [-0.25, -0.2) is 0 Å². The first-order chi connectivity index (χ1) is 10.7. The number of carbonyl (C=O) groups is 1. The summed E-state index contributed by atoms with van der Waals surface area (Å²) in [6, 6.07) is 2.01. The van der Waals surface area contributed by atoms with Crippen LogP contribution in [0.15, 0.2) is 22.4 Å². The van der Waals surface area contributed by atoms with Crippen molar-refractivity contribution in [2.75, 3.05) is 0 Å². The van der Waals surface area contributed by atoms with Crippen LogP contribution >= 0.6 is 15.9 Å². The van der Waals surface area contributed by atoms with Crippen LogP contribution in [0.2, 0.25) is 0 Å². The van der Waals surface area contributed by atoms with Gasteiger partial charge in [0.05, 0.1) is 10.0 Å². The zero-order chi connectivity index (χ0) is 17.1. The molecule has 3 unspecified atom stereocenters. The highest BCUT2D eigenvalue weighted by Gasteiger charge is 2.49. The fraction of sp³-hybridized carbons (Fsp3) is 0.526. The molecule has 0 spiro atoms. The van der Waals surface area contributed by atoms with E-state index in [0.29, 0.717) is 16.3 Å². The topological polar surface area (TPSA) is 57.5 Å². The molecule has 1 aromatic carbocycles. The van der Waals surface area contributed by atoms with E-state index < -0.39 is 5.78 Å². The van der Waals surface area contributed by atoms with Gasteiger partial charge >= 0.3 is 0 Å². The minimum Gasteiger partial charge on any atom is -0.506 e. The summed E-state index contributed by atoms with van der Waals surface area (Å²) in [5.74, 6) is 0.258. The Kier molecular flexibility index (Phi) is 3.87. The predicted octanol–water partition coefficient (Wildman–Crippen LogP) is 5.26. The number of ketones is 1. The number of phenols is 1. The van der Waals surface area contributed by atoms with Crippen molar-refractivity contribution >= 4 is 21.7 Å². The number of halogens is 1. The molecule has 3 rings (SSSR count). The van der Waals surface area contributed by atoms with E-state index in [2.05, 4.69) is 36.7 Å². The maximum absolute atomic E-state index is 12.7. The number of fused-ring (bicyclic) bond motifs is 3. The van der Waals surface area contributed by atoms with Crippen molar-refractivity contribution in [3.63, 3.8) is 0 Å². The normalized spacial score (nSPS) is 30.0. The van der Waals surface area contributed by atoms with Gasteiger partial charge in [0.2, 0.25) is 5.78 Å². The van der Waals surface area contributed by atoms with Crippen LogP contribution in [0, 0.1) is 24.2 Å². The largest absolute Gasteiger partial charge is 0.506 e. The number of phenolic OH excluding ortho intramolecular Hbond substituents is 1. The van der Waals surface area contributed by atoms with Gasteiger partial charge in [-0.2, -0.15) is 0 Å². The van der Waals surface area contributed by atoms with Gasteiger partial charge < -0.3 is 10.2 Å². The molecule has 2 aliphatic rings. The Morgan fingerprint density at radius 2 is 2.00 bits per heavy atom. The zero-order valence-electron chi connectivity index (χ0n) is 14.0. The molecule has 0 saturated heterocycles. The van der Waals surface area contributed by atoms with Crippen LogP contribution in [0.3, 0.4) is 0 Å². The Labute approximate surface area is 145 Å². The lowest BCUT2D eigenvalue weighted by Crippen LogP contribution is -2.24. The molecule has 1 fully saturated rings. The van der Waals surface area contributed by atoms with Gasteiger partial charge in [0.15, 0.2) is 5.76 Å². The van der Waals surface area contributed by atoms with Gasteiger partial charge in [0.25, 0.3) is 0 Å². The van der Waals surface area contributed by atoms with E-state index in [0.717, 1.165) is 24.0 Å². The highest BCUT2D eigenvalue weighted by Crippen LogP contribution is 2.59. The summed E-state index contributed by atoms with van der Waals surface area (Å²) in [4.78, 5) is 12.7. The third-order valence-electron chi connectivity index (χ3n) is 5.72. The number of hydrogen-bond donors (Lipinski definition) is 2. The molecule has 0 amide bonds.